The quantitative estimate of drug-likeness (QED) is 0.921. The summed E-state index contributed by atoms with van der Waals surface area (Å²) >= 11 is 0. The summed E-state index contributed by atoms with van der Waals surface area (Å²) in [7, 11) is 0. The minimum Gasteiger partial charge on any atom is -0.327 e. The zero-order chi connectivity index (χ0) is 18.2. The van der Waals surface area contributed by atoms with Crippen LogP contribution in [0.2, 0.25) is 0 Å². The van der Waals surface area contributed by atoms with Crippen LogP contribution in [0, 0.1) is 0 Å². The van der Waals surface area contributed by atoms with Gasteiger partial charge in [-0.05, 0) is 25.0 Å². The number of aromatic nitrogens is 2. The first-order valence-corrected chi connectivity index (χ1v) is 8.37. The third-order valence-corrected chi connectivity index (χ3v) is 4.66. The molecule has 2 atom stereocenters. The fraction of sp³-hybridized carbons (Fsp3) is 0.529. The molecule has 2 aromatic rings. The summed E-state index contributed by atoms with van der Waals surface area (Å²) in [5.74, 6) is 0.106. The van der Waals surface area contributed by atoms with Gasteiger partial charge in [-0.1, -0.05) is 19.1 Å². The van der Waals surface area contributed by atoms with Crippen molar-refractivity contribution < 1.29 is 18.0 Å². The molecule has 1 aliphatic heterocycles. The Hall–Kier alpha value is -2.09. The molecule has 25 heavy (non-hydrogen) atoms. The first-order chi connectivity index (χ1) is 11.8. The van der Waals surface area contributed by atoms with Gasteiger partial charge in [0.05, 0.1) is 11.0 Å². The number of piperidine rings is 1. The van der Waals surface area contributed by atoms with Gasteiger partial charge in [0, 0.05) is 19.0 Å². The molecule has 3 rings (SSSR count). The van der Waals surface area contributed by atoms with E-state index in [0.29, 0.717) is 12.2 Å². The van der Waals surface area contributed by atoms with Crippen LogP contribution >= 0.6 is 0 Å². The number of rotatable bonds is 3. The van der Waals surface area contributed by atoms with Gasteiger partial charge in [0.2, 0.25) is 5.91 Å². The van der Waals surface area contributed by atoms with Gasteiger partial charge in [0.1, 0.15) is 18.4 Å². The molecule has 0 unspecified atom stereocenters. The van der Waals surface area contributed by atoms with Gasteiger partial charge in [-0.2, -0.15) is 13.2 Å². The van der Waals surface area contributed by atoms with E-state index in [9.17, 15) is 18.0 Å². The molecule has 1 aromatic carbocycles. The van der Waals surface area contributed by atoms with Crippen LogP contribution in [0.15, 0.2) is 24.3 Å². The smallest absolute Gasteiger partial charge is 0.327 e. The predicted molar refractivity (Wildman–Crippen MR) is 87.9 cm³/mol. The molecule has 1 saturated heterocycles. The second kappa shape index (κ2) is 6.67. The van der Waals surface area contributed by atoms with Crippen molar-refractivity contribution in [3.8, 4) is 0 Å². The third kappa shape index (κ3) is 3.49. The number of fused-ring (bicyclic) bond motifs is 1. The normalized spacial score (nSPS) is 21.7. The van der Waals surface area contributed by atoms with Gasteiger partial charge in [-0.15, -0.1) is 0 Å². The average molecular weight is 354 g/mol. The first kappa shape index (κ1) is 17.7. The molecular weight excluding hydrogens is 333 g/mol. The fourth-order valence-electron chi connectivity index (χ4n) is 3.41. The van der Waals surface area contributed by atoms with Crippen LogP contribution < -0.4 is 5.73 Å². The number of amides is 1. The molecule has 136 valence electrons. The van der Waals surface area contributed by atoms with Gasteiger partial charge in [0.15, 0.2) is 0 Å². The second-order valence-electron chi connectivity index (χ2n) is 6.40. The van der Waals surface area contributed by atoms with E-state index < -0.39 is 24.2 Å². The first-order valence-electron chi connectivity index (χ1n) is 8.37. The van der Waals surface area contributed by atoms with Crippen LogP contribution in [0.5, 0.6) is 0 Å². The van der Waals surface area contributed by atoms with Crippen LogP contribution in [-0.2, 0) is 17.8 Å². The van der Waals surface area contributed by atoms with E-state index in [4.69, 9.17) is 5.73 Å². The number of halogens is 3. The van der Waals surface area contributed by atoms with Crippen LogP contribution in [0.1, 0.15) is 25.6 Å². The highest BCUT2D eigenvalue weighted by molar-refractivity contribution is 5.81. The lowest BCUT2D eigenvalue weighted by atomic mass is 9.98. The molecule has 1 aliphatic rings. The number of carbonyl (C=O) groups excluding carboxylic acids is 1. The largest absolute Gasteiger partial charge is 0.408 e. The van der Waals surface area contributed by atoms with Crippen molar-refractivity contribution in [2.75, 3.05) is 6.54 Å². The van der Waals surface area contributed by atoms with Crippen molar-refractivity contribution in [3.63, 3.8) is 0 Å². The summed E-state index contributed by atoms with van der Waals surface area (Å²) in [6, 6.07) is 5.11. The standard InChI is InChI=1S/C17H21F3N4O/c1-2-15-22-12-5-3-4-6-13(12)23(15)10-16(25)24-9-11(21)7-8-14(24)17(18,19)20/h3-6,11,14H,2,7-10,21H2,1H3/t11-,14-/m0/s1. The predicted octanol–water partition coefficient (Wildman–Crippen LogP) is 2.48. The molecule has 5 nitrogen and oxygen atoms in total. The number of hydrogen-bond acceptors (Lipinski definition) is 3. The zero-order valence-corrected chi connectivity index (χ0v) is 14.0. The summed E-state index contributed by atoms with van der Waals surface area (Å²) < 4.78 is 41.6. The average Bonchev–Trinajstić information content (AvgIpc) is 2.91. The SMILES string of the molecule is CCc1nc2ccccc2n1CC(=O)N1C[C@@H](N)CC[C@H]1C(F)(F)F. The van der Waals surface area contributed by atoms with Crippen LogP contribution in [0.3, 0.4) is 0 Å². The Kier molecular flexibility index (Phi) is 4.73. The second-order valence-corrected chi connectivity index (χ2v) is 6.40. The van der Waals surface area contributed by atoms with Crippen molar-refractivity contribution in [1.29, 1.82) is 0 Å². The lowest BCUT2D eigenvalue weighted by Gasteiger charge is -2.39. The lowest BCUT2D eigenvalue weighted by Crippen LogP contribution is -2.57. The van der Waals surface area contributed by atoms with E-state index in [1.54, 1.807) is 4.57 Å². The molecule has 0 bridgehead atoms. The maximum absolute atomic E-state index is 13.3. The van der Waals surface area contributed by atoms with Crippen molar-refractivity contribution in [2.45, 2.75) is 51.0 Å². The fourth-order valence-corrected chi connectivity index (χ4v) is 3.41. The van der Waals surface area contributed by atoms with E-state index in [0.717, 1.165) is 15.9 Å². The number of nitrogens with two attached hydrogens (primary N) is 1. The van der Waals surface area contributed by atoms with Crippen molar-refractivity contribution >= 4 is 16.9 Å². The molecule has 0 saturated carbocycles. The number of imidazole rings is 1. The Balaban J connectivity index is 1.90. The number of para-hydroxylation sites is 2. The molecule has 2 N–H and O–H groups in total. The van der Waals surface area contributed by atoms with E-state index in [-0.39, 0.29) is 25.9 Å². The molecule has 0 radical (unpaired) electrons. The molecule has 1 fully saturated rings. The summed E-state index contributed by atoms with van der Waals surface area (Å²) in [6.07, 6.45) is -3.74. The highest BCUT2D eigenvalue weighted by atomic mass is 19.4. The molecule has 1 amide bonds. The van der Waals surface area contributed by atoms with Crippen LogP contribution in [-0.4, -0.2) is 45.2 Å². The minimum absolute atomic E-state index is 0.0723. The lowest BCUT2D eigenvalue weighted by molar-refractivity contribution is -0.197. The number of nitrogens with zero attached hydrogens (tertiary/aromatic N) is 3. The Morgan fingerprint density at radius 1 is 1.32 bits per heavy atom. The molecular formula is C17H21F3N4O. The Morgan fingerprint density at radius 2 is 2.04 bits per heavy atom. The number of carbonyl (C=O) groups is 1. The molecule has 2 heterocycles. The van der Waals surface area contributed by atoms with E-state index in [1.807, 2.05) is 31.2 Å². The van der Waals surface area contributed by atoms with Gasteiger partial charge in [-0.25, -0.2) is 4.98 Å². The van der Waals surface area contributed by atoms with Crippen molar-refractivity contribution in [3.05, 3.63) is 30.1 Å². The van der Waals surface area contributed by atoms with E-state index in [2.05, 4.69) is 4.98 Å². The van der Waals surface area contributed by atoms with Crippen molar-refractivity contribution in [1.82, 2.24) is 14.5 Å². The van der Waals surface area contributed by atoms with Gasteiger partial charge >= 0.3 is 6.18 Å². The molecule has 8 heteroatoms. The maximum atomic E-state index is 13.3. The highest BCUT2D eigenvalue weighted by Crippen LogP contribution is 2.32. The summed E-state index contributed by atoms with van der Waals surface area (Å²) in [6.45, 7) is 1.66. The number of aryl methyl sites for hydroxylation is 1. The van der Waals surface area contributed by atoms with Crippen LogP contribution in [0.4, 0.5) is 13.2 Å². The van der Waals surface area contributed by atoms with Crippen molar-refractivity contribution in [2.24, 2.45) is 5.73 Å². The summed E-state index contributed by atoms with van der Waals surface area (Å²) in [4.78, 5) is 18.1. The molecule has 0 spiro atoms. The Morgan fingerprint density at radius 3 is 2.72 bits per heavy atom. The highest BCUT2D eigenvalue weighted by Gasteiger charge is 2.47. The summed E-state index contributed by atoms with van der Waals surface area (Å²) in [5.41, 5.74) is 7.29. The van der Waals surface area contributed by atoms with E-state index in [1.165, 1.54) is 0 Å². The number of likely N-dealkylation sites (tertiary alicyclic amines) is 1. The monoisotopic (exact) mass is 354 g/mol. The Bertz CT molecular complexity index is 771. The summed E-state index contributed by atoms with van der Waals surface area (Å²) in [5, 5.41) is 0. The number of hydrogen-bond donors (Lipinski definition) is 1. The third-order valence-electron chi connectivity index (χ3n) is 4.66. The van der Waals surface area contributed by atoms with Gasteiger partial charge < -0.3 is 15.2 Å². The Labute approximate surface area is 143 Å². The van der Waals surface area contributed by atoms with E-state index >= 15 is 0 Å². The van der Waals surface area contributed by atoms with Gasteiger partial charge in [0.25, 0.3) is 0 Å². The topological polar surface area (TPSA) is 64.2 Å². The number of alkyl halides is 3. The zero-order valence-electron chi connectivity index (χ0n) is 14.0. The number of benzene rings is 1. The minimum atomic E-state index is -4.44. The molecule has 0 aliphatic carbocycles. The maximum Gasteiger partial charge on any atom is 0.408 e. The van der Waals surface area contributed by atoms with Crippen LogP contribution in [0.25, 0.3) is 11.0 Å². The molecule has 1 aromatic heterocycles. The van der Waals surface area contributed by atoms with Gasteiger partial charge in [-0.3, -0.25) is 4.79 Å².